The summed E-state index contributed by atoms with van der Waals surface area (Å²) in [6, 6.07) is 7.15. The first kappa shape index (κ1) is 19.0. The van der Waals surface area contributed by atoms with Crippen LogP contribution in [0.2, 0.25) is 5.02 Å². The number of hydrogen-bond donors (Lipinski definition) is 1. The average Bonchev–Trinajstić information content (AvgIpc) is 2.54. The minimum Gasteiger partial charge on any atom is -0.369 e. The highest BCUT2D eigenvalue weighted by Gasteiger charge is 2.56. The van der Waals surface area contributed by atoms with Crippen molar-refractivity contribution in [3.05, 3.63) is 34.9 Å². The van der Waals surface area contributed by atoms with Crippen molar-refractivity contribution in [2.24, 2.45) is 0 Å². The van der Waals surface area contributed by atoms with Gasteiger partial charge in [0, 0.05) is 31.8 Å². The van der Waals surface area contributed by atoms with Gasteiger partial charge in [-0.15, -0.1) is 0 Å². The number of halogens is 4. The number of piperidine rings is 1. The Labute approximate surface area is 143 Å². The van der Waals surface area contributed by atoms with Crippen LogP contribution in [0.15, 0.2) is 24.3 Å². The van der Waals surface area contributed by atoms with E-state index in [1.54, 1.807) is 23.1 Å². The maximum atomic E-state index is 13.1. The van der Waals surface area contributed by atoms with Gasteiger partial charge < -0.3 is 10.1 Å². The van der Waals surface area contributed by atoms with Crippen molar-refractivity contribution in [1.82, 2.24) is 10.2 Å². The van der Waals surface area contributed by atoms with Gasteiger partial charge in [-0.2, -0.15) is 13.2 Å². The third kappa shape index (κ3) is 4.40. The lowest BCUT2D eigenvalue weighted by Gasteiger charge is -2.41. The van der Waals surface area contributed by atoms with Gasteiger partial charge in [0.1, 0.15) is 0 Å². The third-order valence-corrected chi connectivity index (χ3v) is 4.74. The molecule has 1 aromatic carbocycles. The molecule has 1 heterocycles. The average molecular weight is 365 g/mol. The zero-order chi connectivity index (χ0) is 17.8. The molecule has 1 aliphatic heterocycles. The summed E-state index contributed by atoms with van der Waals surface area (Å²) in [5.41, 5.74) is -1.31. The Bertz CT molecular complexity index is 573. The second kappa shape index (κ2) is 7.72. The number of likely N-dealkylation sites (tertiary alicyclic amines) is 1. The first-order valence-corrected chi connectivity index (χ1v) is 7.99. The van der Waals surface area contributed by atoms with Gasteiger partial charge in [-0.05, 0) is 24.5 Å². The molecule has 0 aromatic heterocycles. The molecule has 1 amide bonds. The number of rotatable bonds is 5. The summed E-state index contributed by atoms with van der Waals surface area (Å²) < 4.78 is 44.0. The summed E-state index contributed by atoms with van der Waals surface area (Å²) in [7, 11) is 1.08. The summed E-state index contributed by atoms with van der Waals surface area (Å²) in [6.07, 6.45) is -4.75. The number of ether oxygens (including phenoxy) is 1. The largest absolute Gasteiger partial charge is 0.417 e. The van der Waals surface area contributed by atoms with Gasteiger partial charge in [-0.25, -0.2) is 0 Å². The normalized spacial score (nSPS) is 18.4. The lowest BCUT2D eigenvalue weighted by atomic mass is 9.90. The fourth-order valence-electron chi connectivity index (χ4n) is 2.77. The minimum atomic E-state index is -4.40. The SMILES string of the molecule is COC1(C(F)(F)F)CCN(CC(=O)NCc2ccccc2Cl)CC1. The van der Waals surface area contributed by atoms with E-state index in [0.717, 1.165) is 12.7 Å². The molecule has 8 heteroatoms. The summed E-state index contributed by atoms with van der Waals surface area (Å²) in [5.74, 6) is -0.244. The first-order chi connectivity index (χ1) is 11.3. The molecule has 1 saturated heterocycles. The van der Waals surface area contributed by atoms with Crippen LogP contribution in [0.3, 0.4) is 0 Å². The van der Waals surface area contributed by atoms with Crippen molar-refractivity contribution in [2.75, 3.05) is 26.7 Å². The van der Waals surface area contributed by atoms with Crippen molar-refractivity contribution in [3.63, 3.8) is 0 Å². The van der Waals surface area contributed by atoms with Crippen LogP contribution in [-0.4, -0.2) is 49.3 Å². The quantitative estimate of drug-likeness (QED) is 0.873. The van der Waals surface area contributed by atoms with Crippen molar-refractivity contribution in [2.45, 2.75) is 31.2 Å². The van der Waals surface area contributed by atoms with E-state index in [4.69, 9.17) is 16.3 Å². The van der Waals surface area contributed by atoms with Gasteiger partial charge >= 0.3 is 6.18 Å². The van der Waals surface area contributed by atoms with Crippen LogP contribution in [0.1, 0.15) is 18.4 Å². The predicted octanol–water partition coefficient (Wildman–Crippen LogP) is 3.00. The molecule has 0 atom stereocenters. The Morgan fingerprint density at radius 2 is 1.96 bits per heavy atom. The van der Waals surface area contributed by atoms with E-state index in [-0.39, 0.29) is 44.9 Å². The Morgan fingerprint density at radius 3 is 2.50 bits per heavy atom. The molecular formula is C16H20ClF3N2O2. The number of nitrogens with zero attached hydrogens (tertiary/aromatic N) is 1. The number of hydrogen-bond acceptors (Lipinski definition) is 3. The topological polar surface area (TPSA) is 41.6 Å². The maximum Gasteiger partial charge on any atom is 0.417 e. The summed E-state index contributed by atoms with van der Waals surface area (Å²) in [4.78, 5) is 13.7. The fourth-order valence-corrected chi connectivity index (χ4v) is 2.97. The van der Waals surface area contributed by atoms with Gasteiger partial charge in [0.05, 0.1) is 6.54 Å². The van der Waals surface area contributed by atoms with Crippen LogP contribution in [0.5, 0.6) is 0 Å². The molecule has 0 spiro atoms. The molecule has 1 N–H and O–H groups in total. The second-order valence-corrected chi connectivity index (χ2v) is 6.25. The van der Waals surface area contributed by atoms with E-state index >= 15 is 0 Å². The minimum absolute atomic E-state index is 0.0576. The van der Waals surface area contributed by atoms with Crippen LogP contribution >= 0.6 is 11.6 Å². The summed E-state index contributed by atoms with van der Waals surface area (Å²) in [5, 5.41) is 3.29. The molecule has 0 saturated carbocycles. The van der Waals surface area contributed by atoms with Gasteiger partial charge in [0.2, 0.25) is 5.91 Å². The second-order valence-electron chi connectivity index (χ2n) is 5.84. The molecule has 0 radical (unpaired) electrons. The van der Waals surface area contributed by atoms with Crippen LogP contribution in [0, 0.1) is 0 Å². The van der Waals surface area contributed by atoms with E-state index in [0.29, 0.717) is 5.02 Å². The lowest BCUT2D eigenvalue weighted by Crippen LogP contribution is -2.55. The van der Waals surface area contributed by atoms with Crippen molar-refractivity contribution >= 4 is 17.5 Å². The number of methoxy groups -OCH3 is 1. The van der Waals surface area contributed by atoms with Gasteiger partial charge in [0.25, 0.3) is 0 Å². The smallest absolute Gasteiger partial charge is 0.369 e. The molecule has 24 heavy (non-hydrogen) atoms. The van der Waals surface area contributed by atoms with Crippen molar-refractivity contribution < 1.29 is 22.7 Å². The molecule has 2 rings (SSSR count). The highest BCUT2D eigenvalue weighted by molar-refractivity contribution is 6.31. The number of alkyl halides is 3. The number of amides is 1. The molecular weight excluding hydrogens is 345 g/mol. The van der Waals surface area contributed by atoms with E-state index in [9.17, 15) is 18.0 Å². The van der Waals surface area contributed by atoms with E-state index in [2.05, 4.69) is 5.32 Å². The van der Waals surface area contributed by atoms with Gasteiger partial charge in [-0.1, -0.05) is 29.8 Å². The highest BCUT2D eigenvalue weighted by Crippen LogP contribution is 2.40. The monoisotopic (exact) mass is 364 g/mol. The molecule has 4 nitrogen and oxygen atoms in total. The van der Waals surface area contributed by atoms with E-state index in [1.165, 1.54) is 0 Å². The zero-order valence-corrected chi connectivity index (χ0v) is 14.1. The molecule has 0 bridgehead atoms. The number of nitrogens with one attached hydrogen (secondary N) is 1. The van der Waals surface area contributed by atoms with Gasteiger partial charge in [0.15, 0.2) is 5.60 Å². The van der Waals surface area contributed by atoms with Crippen molar-refractivity contribution in [1.29, 1.82) is 0 Å². The Balaban J connectivity index is 1.81. The van der Waals surface area contributed by atoms with Crippen molar-refractivity contribution in [3.8, 4) is 0 Å². The summed E-state index contributed by atoms with van der Waals surface area (Å²) in [6.45, 7) is 0.665. The molecule has 0 unspecified atom stereocenters. The van der Waals surface area contributed by atoms with E-state index < -0.39 is 11.8 Å². The number of benzene rings is 1. The molecule has 1 aliphatic rings. The first-order valence-electron chi connectivity index (χ1n) is 7.62. The van der Waals surface area contributed by atoms with Crippen LogP contribution in [-0.2, 0) is 16.1 Å². The standard InChI is InChI=1S/C16H20ClF3N2O2/c1-24-15(16(18,19)20)6-8-22(9-7-15)11-14(23)21-10-12-4-2-3-5-13(12)17/h2-5H,6-11H2,1H3,(H,21,23). The zero-order valence-electron chi connectivity index (χ0n) is 13.3. The lowest BCUT2D eigenvalue weighted by molar-refractivity contribution is -0.282. The molecule has 1 fully saturated rings. The predicted molar refractivity (Wildman–Crippen MR) is 84.8 cm³/mol. The van der Waals surface area contributed by atoms with Crippen LogP contribution < -0.4 is 5.32 Å². The van der Waals surface area contributed by atoms with Crippen LogP contribution in [0.4, 0.5) is 13.2 Å². The summed E-state index contributed by atoms with van der Waals surface area (Å²) >= 11 is 6.01. The molecule has 1 aromatic rings. The molecule has 0 aliphatic carbocycles. The third-order valence-electron chi connectivity index (χ3n) is 4.37. The van der Waals surface area contributed by atoms with Crippen LogP contribution in [0.25, 0.3) is 0 Å². The highest BCUT2D eigenvalue weighted by atomic mass is 35.5. The number of carbonyl (C=O) groups is 1. The fraction of sp³-hybridized carbons (Fsp3) is 0.562. The molecule has 134 valence electrons. The Hall–Kier alpha value is -1.31. The Morgan fingerprint density at radius 1 is 1.33 bits per heavy atom. The maximum absolute atomic E-state index is 13.1. The van der Waals surface area contributed by atoms with Gasteiger partial charge in [-0.3, -0.25) is 9.69 Å². The Kier molecular flexibility index (Phi) is 6.11. The van der Waals surface area contributed by atoms with E-state index in [1.807, 2.05) is 6.07 Å². The number of carbonyl (C=O) groups excluding carboxylic acids is 1.